The van der Waals surface area contributed by atoms with Crippen LogP contribution in [0.3, 0.4) is 0 Å². The molecule has 0 aliphatic heterocycles. The molecule has 0 saturated carbocycles. The third-order valence-electron chi connectivity index (χ3n) is 2.79. The Morgan fingerprint density at radius 2 is 2.26 bits per heavy atom. The summed E-state index contributed by atoms with van der Waals surface area (Å²) in [4.78, 5) is 0. The highest BCUT2D eigenvalue weighted by Crippen LogP contribution is 2.20. The zero-order valence-corrected chi connectivity index (χ0v) is 11.2. The average molecular weight is 263 g/mol. The number of ether oxygens (including phenoxy) is 1. The quantitative estimate of drug-likeness (QED) is 0.869. The molecule has 0 bridgehead atoms. The lowest BCUT2D eigenvalue weighted by atomic mass is 10.2. The zero-order chi connectivity index (χ0) is 13.7. The Morgan fingerprint density at radius 1 is 1.42 bits per heavy atom. The number of hydrogen-bond acceptors (Lipinski definition) is 3. The topological polar surface area (TPSA) is 39.1 Å². The van der Waals surface area contributed by atoms with E-state index in [1.807, 2.05) is 24.9 Å². The van der Waals surface area contributed by atoms with Crippen LogP contribution in [-0.4, -0.2) is 16.8 Å². The minimum Gasteiger partial charge on any atom is -0.488 e. The number of nitrogens with zero attached hydrogens (tertiary/aromatic N) is 2. The van der Waals surface area contributed by atoms with Gasteiger partial charge in [0.15, 0.2) is 0 Å². The van der Waals surface area contributed by atoms with E-state index in [-0.39, 0.29) is 5.82 Å². The molecule has 1 aromatic carbocycles. The lowest BCUT2D eigenvalue weighted by Crippen LogP contribution is -2.08. The summed E-state index contributed by atoms with van der Waals surface area (Å²) in [5.41, 5.74) is 1.81. The first-order chi connectivity index (χ1) is 9.22. The fourth-order valence-corrected chi connectivity index (χ4v) is 1.83. The molecule has 2 aromatic rings. The van der Waals surface area contributed by atoms with Crippen LogP contribution < -0.4 is 10.1 Å². The van der Waals surface area contributed by atoms with Crippen LogP contribution in [0.4, 0.5) is 4.39 Å². The third kappa shape index (κ3) is 3.54. The monoisotopic (exact) mass is 263 g/mol. The maximum absolute atomic E-state index is 13.2. The number of hydrogen-bond donors (Lipinski definition) is 1. The highest BCUT2D eigenvalue weighted by molar-refractivity contribution is 5.34. The standard InChI is InChI=1S/C14H18FN3O/c1-3-18-9-11(7-17-18)10-19-14-5-4-13(15)6-12(14)8-16-2/h4-7,9,16H,3,8,10H2,1-2H3. The van der Waals surface area contributed by atoms with Crippen LogP contribution in [0.5, 0.6) is 5.75 Å². The Labute approximate surface area is 112 Å². The van der Waals surface area contributed by atoms with E-state index in [0.717, 1.165) is 17.7 Å². The fourth-order valence-electron chi connectivity index (χ4n) is 1.83. The number of nitrogens with one attached hydrogen (secondary N) is 1. The predicted molar refractivity (Wildman–Crippen MR) is 71.4 cm³/mol. The predicted octanol–water partition coefficient (Wildman–Crippen LogP) is 2.34. The molecule has 0 atom stereocenters. The molecule has 0 spiro atoms. The van der Waals surface area contributed by atoms with Gasteiger partial charge in [-0.3, -0.25) is 4.68 Å². The zero-order valence-electron chi connectivity index (χ0n) is 11.2. The molecule has 0 unspecified atom stereocenters. The van der Waals surface area contributed by atoms with Gasteiger partial charge in [0.05, 0.1) is 6.20 Å². The molecule has 102 valence electrons. The lowest BCUT2D eigenvalue weighted by molar-refractivity contribution is 0.301. The van der Waals surface area contributed by atoms with Crippen molar-refractivity contribution in [3.05, 3.63) is 47.5 Å². The first-order valence-electron chi connectivity index (χ1n) is 6.30. The fraction of sp³-hybridized carbons (Fsp3) is 0.357. The Bertz CT molecular complexity index is 539. The van der Waals surface area contributed by atoms with E-state index in [1.165, 1.54) is 12.1 Å². The SMILES string of the molecule is CCn1cc(COc2ccc(F)cc2CNC)cn1. The number of aryl methyl sites for hydroxylation is 1. The summed E-state index contributed by atoms with van der Waals surface area (Å²) in [5.74, 6) is 0.441. The van der Waals surface area contributed by atoms with Gasteiger partial charge in [-0.05, 0) is 32.2 Å². The van der Waals surface area contributed by atoms with Crippen LogP contribution in [-0.2, 0) is 19.7 Å². The van der Waals surface area contributed by atoms with Crippen molar-refractivity contribution in [2.24, 2.45) is 0 Å². The molecule has 1 heterocycles. The van der Waals surface area contributed by atoms with E-state index in [4.69, 9.17) is 4.74 Å². The van der Waals surface area contributed by atoms with Crippen molar-refractivity contribution in [1.29, 1.82) is 0 Å². The molecule has 0 fully saturated rings. The maximum Gasteiger partial charge on any atom is 0.124 e. The second kappa shape index (κ2) is 6.33. The Morgan fingerprint density at radius 3 is 2.95 bits per heavy atom. The second-order valence-corrected chi connectivity index (χ2v) is 4.28. The van der Waals surface area contributed by atoms with Gasteiger partial charge in [-0.1, -0.05) is 0 Å². The molecule has 2 rings (SSSR count). The summed E-state index contributed by atoms with van der Waals surface area (Å²) in [6, 6.07) is 4.55. The van der Waals surface area contributed by atoms with Gasteiger partial charge in [-0.25, -0.2) is 4.39 Å². The van der Waals surface area contributed by atoms with Crippen LogP contribution in [0.1, 0.15) is 18.1 Å². The van der Waals surface area contributed by atoms with Gasteiger partial charge in [0.25, 0.3) is 0 Å². The third-order valence-corrected chi connectivity index (χ3v) is 2.79. The van der Waals surface area contributed by atoms with E-state index in [9.17, 15) is 4.39 Å². The summed E-state index contributed by atoms with van der Waals surface area (Å²) in [6.45, 7) is 3.87. The van der Waals surface area contributed by atoms with E-state index in [0.29, 0.717) is 18.9 Å². The van der Waals surface area contributed by atoms with Gasteiger partial charge in [-0.15, -0.1) is 0 Å². The van der Waals surface area contributed by atoms with Gasteiger partial charge in [0.1, 0.15) is 18.2 Å². The summed E-state index contributed by atoms with van der Waals surface area (Å²) < 4.78 is 20.8. The molecule has 0 radical (unpaired) electrons. The van der Waals surface area contributed by atoms with Gasteiger partial charge in [-0.2, -0.15) is 5.10 Å². The molecular formula is C14H18FN3O. The Balaban J connectivity index is 2.05. The van der Waals surface area contributed by atoms with E-state index >= 15 is 0 Å². The van der Waals surface area contributed by atoms with Crippen molar-refractivity contribution >= 4 is 0 Å². The highest BCUT2D eigenvalue weighted by Gasteiger charge is 2.06. The molecular weight excluding hydrogens is 245 g/mol. The minimum atomic E-state index is -0.253. The molecule has 1 aromatic heterocycles. The molecule has 4 nitrogen and oxygen atoms in total. The minimum absolute atomic E-state index is 0.253. The molecule has 0 saturated heterocycles. The van der Waals surface area contributed by atoms with Crippen LogP contribution in [0.25, 0.3) is 0 Å². The van der Waals surface area contributed by atoms with Crippen molar-refractivity contribution in [3.8, 4) is 5.75 Å². The van der Waals surface area contributed by atoms with Crippen LogP contribution >= 0.6 is 0 Å². The highest BCUT2D eigenvalue weighted by atomic mass is 19.1. The molecule has 1 N–H and O–H groups in total. The van der Waals surface area contributed by atoms with Gasteiger partial charge >= 0.3 is 0 Å². The molecule has 0 amide bonds. The van der Waals surface area contributed by atoms with Gasteiger partial charge in [0, 0.05) is 30.4 Å². The van der Waals surface area contributed by atoms with Crippen molar-refractivity contribution in [3.63, 3.8) is 0 Å². The molecule has 5 heteroatoms. The number of halogens is 1. The van der Waals surface area contributed by atoms with Crippen molar-refractivity contribution in [2.75, 3.05) is 7.05 Å². The summed E-state index contributed by atoms with van der Waals surface area (Å²) in [7, 11) is 1.82. The van der Waals surface area contributed by atoms with Crippen LogP contribution in [0.2, 0.25) is 0 Å². The van der Waals surface area contributed by atoms with Crippen LogP contribution in [0.15, 0.2) is 30.6 Å². The lowest BCUT2D eigenvalue weighted by Gasteiger charge is -2.10. The van der Waals surface area contributed by atoms with Gasteiger partial charge in [0.2, 0.25) is 0 Å². The van der Waals surface area contributed by atoms with E-state index in [2.05, 4.69) is 10.4 Å². The molecule has 19 heavy (non-hydrogen) atoms. The smallest absolute Gasteiger partial charge is 0.124 e. The summed E-state index contributed by atoms with van der Waals surface area (Å²) >= 11 is 0. The molecule has 0 aliphatic carbocycles. The van der Waals surface area contributed by atoms with E-state index in [1.54, 1.807) is 12.3 Å². The number of benzene rings is 1. The first kappa shape index (κ1) is 13.5. The Hall–Kier alpha value is -1.88. The number of rotatable bonds is 6. The summed E-state index contributed by atoms with van der Waals surface area (Å²) in [5, 5.41) is 7.18. The summed E-state index contributed by atoms with van der Waals surface area (Å²) in [6.07, 6.45) is 3.73. The number of aromatic nitrogens is 2. The van der Waals surface area contributed by atoms with Crippen molar-refractivity contribution < 1.29 is 9.13 Å². The van der Waals surface area contributed by atoms with Crippen LogP contribution in [0, 0.1) is 5.82 Å². The second-order valence-electron chi connectivity index (χ2n) is 4.28. The average Bonchev–Trinajstić information content (AvgIpc) is 2.86. The van der Waals surface area contributed by atoms with Gasteiger partial charge < -0.3 is 10.1 Å². The van der Waals surface area contributed by atoms with Crippen molar-refractivity contribution in [1.82, 2.24) is 15.1 Å². The maximum atomic E-state index is 13.2. The molecule has 0 aliphatic rings. The normalized spacial score (nSPS) is 10.7. The first-order valence-corrected chi connectivity index (χ1v) is 6.30. The Kier molecular flexibility index (Phi) is 4.52. The largest absolute Gasteiger partial charge is 0.488 e. The van der Waals surface area contributed by atoms with E-state index < -0.39 is 0 Å². The van der Waals surface area contributed by atoms with Crippen molar-refractivity contribution in [2.45, 2.75) is 26.6 Å².